The molecule has 2 rings (SSSR count). The Labute approximate surface area is 155 Å². The third-order valence-corrected chi connectivity index (χ3v) is 3.79. The van der Waals surface area contributed by atoms with Crippen molar-refractivity contribution in [1.29, 1.82) is 0 Å². The summed E-state index contributed by atoms with van der Waals surface area (Å²) in [6.07, 6.45) is 0. The maximum absolute atomic E-state index is 5.66. The number of nitrogens with one attached hydrogen (secondary N) is 2. The summed E-state index contributed by atoms with van der Waals surface area (Å²) < 4.78 is 11.2. The molecule has 0 fully saturated rings. The number of rotatable bonds is 7. The first kappa shape index (κ1) is 19.1. The van der Waals surface area contributed by atoms with Crippen molar-refractivity contribution in [3.63, 3.8) is 0 Å². The molecule has 25 heavy (non-hydrogen) atoms. The second-order valence-electron chi connectivity index (χ2n) is 5.83. The van der Waals surface area contributed by atoms with Crippen molar-refractivity contribution in [2.45, 2.75) is 34.2 Å². The fraction of sp³-hybridized carbons (Fsp3) is 0.350. The van der Waals surface area contributed by atoms with Crippen LogP contribution < -0.4 is 20.1 Å². The lowest BCUT2D eigenvalue weighted by Crippen LogP contribution is -2.27. The first-order valence-corrected chi connectivity index (χ1v) is 8.94. The van der Waals surface area contributed by atoms with Gasteiger partial charge in [0.2, 0.25) is 0 Å². The van der Waals surface area contributed by atoms with Crippen molar-refractivity contribution in [3.05, 3.63) is 53.1 Å². The Hall–Kier alpha value is -2.27. The van der Waals surface area contributed by atoms with Crippen molar-refractivity contribution in [2.75, 3.05) is 18.5 Å². The summed E-state index contributed by atoms with van der Waals surface area (Å²) in [4.78, 5) is 0. The Kier molecular flexibility index (Phi) is 7.07. The molecule has 5 heteroatoms. The number of aryl methyl sites for hydroxylation is 2. The van der Waals surface area contributed by atoms with Crippen LogP contribution in [0.5, 0.6) is 11.5 Å². The lowest BCUT2D eigenvalue weighted by Gasteiger charge is -2.14. The Morgan fingerprint density at radius 1 is 0.920 bits per heavy atom. The highest BCUT2D eigenvalue weighted by atomic mass is 32.1. The van der Waals surface area contributed by atoms with Crippen LogP contribution >= 0.6 is 12.2 Å². The molecule has 0 atom stereocenters. The molecule has 0 aliphatic carbocycles. The predicted octanol–water partition coefficient (Wildman–Crippen LogP) is 4.59. The largest absolute Gasteiger partial charge is 0.490 e. The normalized spacial score (nSPS) is 10.2. The lowest BCUT2D eigenvalue weighted by atomic mass is 10.1. The highest BCUT2D eigenvalue weighted by Crippen LogP contribution is 2.28. The maximum atomic E-state index is 5.66. The van der Waals surface area contributed by atoms with Crippen LogP contribution in [0.15, 0.2) is 36.4 Å². The molecule has 0 aliphatic rings. The van der Waals surface area contributed by atoms with Gasteiger partial charge in [-0.3, -0.25) is 0 Å². The number of hydrogen-bond acceptors (Lipinski definition) is 3. The minimum Gasteiger partial charge on any atom is -0.490 e. The van der Waals surface area contributed by atoms with Gasteiger partial charge in [-0.25, -0.2) is 0 Å². The maximum Gasteiger partial charge on any atom is 0.171 e. The molecule has 2 aromatic carbocycles. The summed E-state index contributed by atoms with van der Waals surface area (Å²) in [5.74, 6) is 1.53. The van der Waals surface area contributed by atoms with Gasteiger partial charge in [0.25, 0.3) is 0 Å². The van der Waals surface area contributed by atoms with Crippen molar-refractivity contribution < 1.29 is 9.47 Å². The topological polar surface area (TPSA) is 42.5 Å². The molecule has 0 saturated carbocycles. The zero-order chi connectivity index (χ0) is 18.2. The van der Waals surface area contributed by atoms with Crippen molar-refractivity contribution >= 4 is 23.0 Å². The first-order chi connectivity index (χ1) is 12.0. The van der Waals surface area contributed by atoms with E-state index in [-0.39, 0.29) is 0 Å². The van der Waals surface area contributed by atoms with Crippen LogP contribution in [0.25, 0.3) is 0 Å². The summed E-state index contributed by atoms with van der Waals surface area (Å²) in [5.41, 5.74) is 4.49. The first-order valence-electron chi connectivity index (χ1n) is 8.53. The van der Waals surface area contributed by atoms with E-state index >= 15 is 0 Å². The van der Waals surface area contributed by atoms with E-state index in [9.17, 15) is 0 Å². The van der Waals surface area contributed by atoms with E-state index < -0.39 is 0 Å². The zero-order valence-electron chi connectivity index (χ0n) is 15.3. The monoisotopic (exact) mass is 358 g/mol. The molecule has 134 valence electrons. The van der Waals surface area contributed by atoms with Gasteiger partial charge in [0.1, 0.15) is 0 Å². The molecule has 0 heterocycles. The van der Waals surface area contributed by atoms with Gasteiger partial charge in [0, 0.05) is 12.2 Å². The lowest BCUT2D eigenvalue weighted by molar-refractivity contribution is 0.287. The highest BCUT2D eigenvalue weighted by molar-refractivity contribution is 7.80. The van der Waals surface area contributed by atoms with Gasteiger partial charge in [-0.05, 0) is 80.9 Å². The van der Waals surface area contributed by atoms with E-state index in [1.807, 2.05) is 32.0 Å². The third kappa shape index (κ3) is 5.94. The molecule has 0 aliphatic heterocycles. The molecule has 0 amide bonds. The smallest absolute Gasteiger partial charge is 0.171 e. The molecule has 2 N–H and O–H groups in total. The third-order valence-electron chi connectivity index (χ3n) is 3.54. The second-order valence-corrected chi connectivity index (χ2v) is 6.24. The van der Waals surface area contributed by atoms with E-state index in [1.54, 1.807) is 0 Å². The molecule has 0 bridgehead atoms. The van der Waals surface area contributed by atoms with Crippen LogP contribution in [-0.2, 0) is 6.54 Å². The fourth-order valence-electron chi connectivity index (χ4n) is 2.61. The van der Waals surface area contributed by atoms with Gasteiger partial charge >= 0.3 is 0 Å². The average Bonchev–Trinajstić information content (AvgIpc) is 2.54. The molecule has 2 aromatic rings. The van der Waals surface area contributed by atoms with Gasteiger partial charge in [-0.1, -0.05) is 12.1 Å². The summed E-state index contributed by atoms with van der Waals surface area (Å²) in [6.45, 7) is 9.90. The minimum atomic E-state index is 0.594. The number of benzene rings is 2. The van der Waals surface area contributed by atoms with E-state index in [2.05, 4.69) is 42.7 Å². The van der Waals surface area contributed by atoms with E-state index in [4.69, 9.17) is 21.7 Å². The fourth-order valence-corrected chi connectivity index (χ4v) is 2.80. The number of ether oxygens (including phenoxy) is 2. The molecule has 0 saturated heterocycles. The molecule has 0 aromatic heterocycles. The van der Waals surface area contributed by atoms with Gasteiger partial charge < -0.3 is 20.1 Å². The van der Waals surface area contributed by atoms with Crippen LogP contribution in [0, 0.1) is 13.8 Å². The average molecular weight is 359 g/mol. The Morgan fingerprint density at radius 3 is 2.20 bits per heavy atom. The molecular weight excluding hydrogens is 332 g/mol. The SMILES string of the molecule is CCOc1ccc(CNC(=S)Nc2cc(C)cc(C)c2)cc1OCC. The van der Waals surface area contributed by atoms with Crippen molar-refractivity contribution in [2.24, 2.45) is 0 Å². The van der Waals surface area contributed by atoms with Crippen LogP contribution in [-0.4, -0.2) is 18.3 Å². The van der Waals surface area contributed by atoms with Gasteiger partial charge in [0.05, 0.1) is 13.2 Å². The van der Waals surface area contributed by atoms with Gasteiger partial charge in [-0.2, -0.15) is 0 Å². The Balaban J connectivity index is 1.97. The Bertz CT molecular complexity index is 711. The molecule has 0 spiro atoms. The van der Waals surface area contributed by atoms with E-state index in [0.29, 0.717) is 24.9 Å². The van der Waals surface area contributed by atoms with Gasteiger partial charge in [-0.15, -0.1) is 0 Å². The predicted molar refractivity (Wildman–Crippen MR) is 108 cm³/mol. The summed E-state index contributed by atoms with van der Waals surface area (Å²) >= 11 is 5.40. The minimum absolute atomic E-state index is 0.594. The summed E-state index contributed by atoms with van der Waals surface area (Å²) in [7, 11) is 0. The summed E-state index contributed by atoms with van der Waals surface area (Å²) in [6, 6.07) is 12.2. The quantitative estimate of drug-likeness (QED) is 0.709. The van der Waals surface area contributed by atoms with Crippen LogP contribution in [0.2, 0.25) is 0 Å². The van der Waals surface area contributed by atoms with E-state index in [1.165, 1.54) is 11.1 Å². The number of anilines is 1. The molecular formula is C20H26N2O2S. The van der Waals surface area contributed by atoms with Crippen LogP contribution in [0.1, 0.15) is 30.5 Å². The molecule has 4 nitrogen and oxygen atoms in total. The van der Waals surface area contributed by atoms with E-state index in [0.717, 1.165) is 22.7 Å². The van der Waals surface area contributed by atoms with Crippen LogP contribution in [0.3, 0.4) is 0 Å². The second kappa shape index (κ2) is 9.28. The molecule has 0 radical (unpaired) electrons. The molecule has 0 unspecified atom stereocenters. The summed E-state index contributed by atoms with van der Waals surface area (Å²) in [5, 5.41) is 7.06. The zero-order valence-corrected chi connectivity index (χ0v) is 16.1. The number of thiocarbonyl (C=S) groups is 1. The van der Waals surface area contributed by atoms with Crippen LogP contribution in [0.4, 0.5) is 5.69 Å². The number of hydrogen-bond donors (Lipinski definition) is 2. The standard InChI is InChI=1S/C20H26N2O2S/c1-5-23-18-8-7-16(12-19(18)24-6-2)13-21-20(25)22-17-10-14(3)9-15(4)11-17/h7-12H,5-6,13H2,1-4H3,(H2,21,22,25). The highest BCUT2D eigenvalue weighted by Gasteiger charge is 2.07. The Morgan fingerprint density at radius 2 is 1.56 bits per heavy atom. The van der Waals surface area contributed by atoms with Crippen molar-refractivity contribution in [1.82, 2.24) is 5.32 Å². The van der Waals surface area contributed by atoms with Crippen molar-refractivity contribution in [3.8, 4) is 11.5 Å². The van der Waals surface area contributed by atoms with Gasteiger partial charge in [0.15, 0.2) is 16.6 Å².